The molecule has 0 aromatic carbocycles. The van der Waals surface area contributed by atoms with Crippen molar-refractivity contribution in [3.8, 4) is 11.1 Å². The summed E-state index contributed by atoms with van der Waals surface area (Å²) in [4.78, 5) is 31.8. The van der Waals surface area contributed by atoms with E-state index in [4.69, 9.17) is 0 Å². The van der Waals surface area contributed by atoms with Gasteiger partial charge in [-0.25, -0.2) is 0 Å². The van der Waals surface area contributed by atoms with Crippen LogP contribution in [0.2, 0.25) is 0 Å². The van der Waals surface area contributed by atoms with E-state index in [2.05, 4.69) is 16.1 Å². The van der Waals surface area contributed by atoms with Crippen LogP contribution in [0, 0.1) is 5.92 Å². The molecule has 2 aliphatic rings. The molecule has 7 heteroatoms. The molecule has 0 saturated carbocycles. The highest BCUT2D eigenvalue weighted by Crippen LogP contribution is 2.36. The van der Waals surface area contributed by atoms with Crippen molar-refractivity contribution in [1.29, 1.82) is 0 Å². The van der Waals surface area contributed by atoms with Gasteiger partial charge in [-0.3, -0.25) is 19.3 Å². The second-order valence-corrected chi connectivity index (χ2v) is 8.33. The van der Waals surface area contributed by atoms with Gasteiger partial charge < -0.3 is 9.47 Å². The van der Waals surface area contributed by atoms with Crippen molar-refractivity contribution in [1.82, 2.24) is 24.2 Å². The molecule has 7 nitrogen and oxygen atoms in total. The summed E-state index contributed by atoms with van der Waals surface area (Å²) in [6.07, 6.45) is 9.55. The number of piperidine rings is 1. The lowest BCUT2D eigenvalue weighted by molar-refractivity contribution is -0.134. The van der Waals surface area contributed by atoms with Crippen LogP contribution >= 0.6 is 0 Å². The highest BCUT2D eigenvalue weighted by Gasteiger charge is 2.36. The second-order valence-electron chi connectivity index (χ2n) is 8.33. The zero-order valence-corrected chi connectivity index (χ0v) is 16.9. The molecular weight excluding hydrogens is 378 g/mol. The molecule has 154 valence electrons. The average Bonchev–Trinajstić information content (AvgIpc) is 3.28. The normalized spacial score (nSPS) is 20.1. The van der Waals surface area contributed by atoms with E-state index in [1.807, 2.05) is 38.5 Å². The standard InChI is InChI=1S/C23H25N5O2/c29-22(5-2-8-27-9-3-7-25-27)26-14-17-10-20(16-26)21-11-19(12-23(30)28(21)15-17)18-4-1-6-24-13-18/h1,3-4,6-7,9,11-13,17,20H,2,5,8,10,14-16H2/t17-,20+/m0/s1. The second kappa shape index (κ2) is 7.89. The molecule has 0 N–H and O–H groups in total. The molecule has 2 aliphatic heterocycles. The Kier molecular flexibility index (Phi) is 4.94. The van der Waals surface area contributed by atoms with Gasteiger partial charge in [0.05, 0.1) is 0 Å². The highest BCUT2D eigenvalue weighted by atomic mass is 16.2. The first kappa shape index (κ1) is 18.8. The van der Waals surface area contributed by atoms with E-state index >= 15 is 0 Å². The van der Waals surface area contributed by atoms with Gasteiger partial charge in [-0.15, -0.1) is 0 Å². The summed E-state index contributed by atoms with van der Waals surface area (Å²) in [5.41, 5.74) is 2.94. The molecule has 2 bridgehead atoms. The van der Waals surface area contributed by atoms with Gasteiger partial charge in [0.25, 0.3) is 5.56 Å². The summed E-state index contributed by atoms with van der Waals surface area (Å²) >= 11 is 0. The number of likely N-dealkylation sites (tertiary alicyclic amines) is 1. The number of fused-ring (bicyclic) bond motifs is 4. The molecular formula is C23H25N5O2. The quantitative estimate of drug-likeness (QED) is 0.656. The van der Waals surface area contributed by atoms with Crippen molar-refractivity contribution in [3.63, 3.8) is 0 Å². The van der Waals surface area contributed by atoms with Crippen molar-refractivity contribution in [3.05, 3.63) is 71.2 Å². The van der Waals surface area contributed by atoms with Gasteiger partial charge in [-0.2, -0.15) is 5.10 Å². The lowest BCUT2D eigenvalue weighted by atomic mass is 9.82. The maximum absolute atomic E-state index is 12.8. The fraction of sp³-hybridized carbons (Fsp3) is 0.391. The summed E-state index contributed by atoms with van der Waals surface area (Å²) in [6.45, 7) is 2.88. The van der Waals surface area contributed by atoms with Gasteiger partial charge in [-0.05, 0) is 42.5 Å². The number of pyridine rings is 2. The Morgan fingerprint density at radius 1 is 1.10 bits per heavy atom. The average molecular weight is 403 g/mol. The predicted octanol–water partition coefficient (Wildman–Crippen LogP) is 2.53. The fourth-order valence-electron chi connectivity index (χ4n) is 4.85. The number of hydrogen-bond donors (Lipinski definition) is 0. The molecule has 0 spiro atoms. The Balaban J connectivity index is 1.33. The number of rotatable bonds is 5. The first-order chi connectivity index (χ1) is 14.7. The summed E-state index contributed by atoms with van der Waals surface area (Å²) in [6, 6.07) is 9.57. The van der Waals surface area contributed by atoms with Crippen molar-refractivity contribution in [2.75, 3.05) is 13.1 Å². The Morgan fingerprint density at radius 3 is 2.83 bits per heavy atom. The first-order valence-electron chi connectivity index (χ1n) is 10.6. The van der Waals surface area contributed by atoms with E-state index in [1.165, 1.54) is 0 Å². The minimum Gasteiger partial charge on any atom is -0.342 e. The van der Waals surface area contributed by atoms with Crippen molar-refractivity contribution >= 4 is 5.91 Å². The molecule has 0 unspecified atom stereocenters. The van der Waals surface area contributed by atoms with Gasteiger partial charge in [0.2, 0.25) is 5.91 Å². The molecule has 0 aliphatic carbocycles. The zero-order chi connectivity index (χ0) is 20.5. The maximum Gasteiger partial charge on any atom is 0.251 e. The number of aryl methyl sites for hydroxylation is 1. The Hall–Kier alpha value is -3.22. The summed E-state index contributed by atoms with van der Waals surface area (Å²) in [5, 5.41) is 4.19. The van der Waals surface area contributed by atoms with Crippen LogP contribution in [0.5, 0.6) is 0 Å². The van der Waals surface area contributed by atoms with Gasteiger partial charge in [-0.1, -0.05) is 6.07 Å². The molecule has 1 fully saturated rings. The summed E-state index contributed by atoms with van der Waals surface area (Å²) < 4.78 is 3.78. The molecule has 3 aromatic heterocycles. The summed E-state index contributed by atoms with van der Waals surface area (Å²) in [5.74, 6) is 0.751. The molecule has 1 amide bonds. The van der Waals surface area contributed by atoms with Crippen LogP contribution < -0.4 is 5.56 Å². The van der Waals surface area contributed by atoms with Gasteiger partial charge >= 0.3 is 0 Å². The molecule has 1 saturated heterocycles. The van der Waals surface area contributed by atoms with Crippen LogP contribution in [-0.4, -0.2) is 43.2 Å². The number of amides is 1. The zero-order valence-electron chi connectivity index (χ0n) is 16.9. The van der Waals surface area contributed by atoms with E-state index < -0.39 is 0 Å². The van der Waals surface area contributed by atoms with Crippen LogP contribution in [0.1, 0.15) is 30.9 Å². The lowest BCUT2D eigenvalue weighted by Crippen LogP contribution is -2.49. The van der Waals surface area contributed by atoms with Crippen LogP contribution in [0.4, 0.5) is 0 Å². The third kappa shape index (κ3) is 3.67. The maximum atomic E-state index is 12.8. The Labute approximate surface area is 175 Å². The van der Waals surface area contributed by atoms with E-state index in [0.29, 0.717) is 25.4 Å². The van der Waals surface area contributed by atoms with Crippen LogP contribution in [-0.2, 0) is 17.9 Å². The topological polar surface area (TPSA) is 73.0 Å². The predicted molar refractivity (Wildman–Crippen MR) is 113 cm³/mol. The minimum absolute atomic E-state index is 0.0417. The third-order valence-corrected chi connectivity index (χ3v) is 6.24. The number of nitrogens with zero attached hydrogens (tertiary/aromatic N) is 5. The SMILES string of the molecule is O=C(CCCn1cccn1)N1C[C@@H]2C[C@H](C1)c1cc(-c3cccnc3)cc(=O)n1C2. The van der Waals surface area contributed by atoms with Crippen molar-refractivity contribution in [2.24, 2.45) is 5.92 Å². The Morgan fingerprint density at radius 2 is 2.03 bits per heavy atom. The largest absolute Gasteiger partial charge is 0.342 e. The van der Waals surface area contributed by atoms with E-state index in [-0.39, 0.29) is 17.4 Å². The van der Waals surface area contributed by atoms with Gasteiger partial charge in [0.1, 0.15) is 0 Å². The fourth-order valence-corrected chi connectivity index (χ4v) is 4.85. The van der Waals surface area contributed by atoms with E-state index in [1.54, 1.807) is 24.7 Å². The molecule has 3 aromatic rings. The first-order valence-corrected chi connectivity index (χ1v) is 10.6. The summed E-state index contributed by atoms with van der Waals surface area (Å²) in [7, 11) is 0. The molecule has 5 heterocycles. The van der Waals surface area contributed by atoms with Crippen molar-refractivity contribution < 1.29 is 4.79 Å². The van der Waals surface area contributed by atoms with E-state index in [0.717, 1.165) is 42.8 Å². The third-order valence-electron chi connectivity index (χ3n) is 6.24. The van der Waals surface area contributed by atoms with Crippen LogP contribution in [0.15, 0.2) is 59.9 Å². The minimum atomic E-state index is 0.0417. The van der Waals surface area contributed by atoms with Crippen LogP contribution in [0.25, 0.3) is 11.1 Å². The number of aromatic nitrogens is 4. The molecule has 30 heavy (non-hydrogen) atoms. The molecule has 2 atom stereocenters. The van der Waals surface area contributed by atoms with Crippen molar-refractivity contribution in [2.45, 2.75) is 38.3 Å². The lowest BCUT2D eigenvalue weighted by Gasteiger charge is -2.43. The monoisotopic (exact) mass is 403 g/mol. The van der Waals surface area contributed by atoms with Crippen LogP contribution in [0.3, 0.4) is 0 Å². The van der Waals surface area contributed by atoms with Gasteiger partial charge in [0, 0.05) is 80.6 Å². The number of carbonyl (C=O) groups excluding carboxylic acids is 1. The number of hydrogen-bond acceptors (Lipinski definition) is 4. The van der Waals surface area contributed by atoms with E-state index in [9.17, 15) is 9.59 Å². The highest BCUT2D eigenvalue weighted by molar-refractivity contribution is 5.76. The Bertz CT molecular complexity index is 1090. The van der Waals surface area contributed by atoms with Gasteiger partial charge in [0.15, 0.2) is 0 Å². The molecule has 0 radical (unpaired) electrons. The smallest absolute Gasteiger partial charge is 0.251 e. The molecule has 5 rings (SSSR count). The number of carbonyl (C=O) groups is 1.